The Morgan fingerprint density at radius 2 is 2.14 bits per heavy atom. The quantitative estimate of drug-likeness (QED) is 0.606. The van der Waals surface area contributed by atoms with E-state index in [1.807, 2.05) is 29.9 Å². The van der Waals surface area contributed by atoms with Crippen molar-refractivity contribution in [1.29, 1.82) is 0 Å². The topological polar surface area (TPSA) is 45.2 Å². The number of halogens is 2. The lowest BCUT2D eigenvalue weighted by atomic mass is 10.2. The summed E-state index contributed by atoms with van der Waals surface area (Å²) in [6, 6.07) is 9.09. The Morgan fingerprint density at radius 3 is 2.82 bits per heavy atom. The van der Waals surface area contributed by atoms with E-state index in [4.69, 9.17) is 35.4 Å². The smallest absolute Gasteiger partial charge is 0.238 e. The first-order valence-electron chi connectivity index (χ1n) is 6.40. The standard InChI is InChI=1S/C14H11Cl2N5S/c1-20-6-2-3-10(20)8-17-21-13(18-19-14(21)22)11-5-4-9(15)7-12(11)16/h2-8,13H,1H3. The molecular weight excluding hydrogens is 341 g/mol. The highest BCUT2D eigenvalue weighted by Crippen LogP contribution is 2.34. The van der Waals surface area contributed by atoms with Crippen molar-refractivity contribution < 1.29 is 0 Å². The van der Waals surface area contributed by atoms with Gasteiger partial charge >= 0.3 is 0 Å². The highest BCUT2D eigenvalue weighted by atomic mass is 35.5. The first kappa shape index (κ1) is 15.1. The molecule has 0 bridgehead atoms. The summed E-state index contributed by atoms with van der Waals surface area (Å²) in [5.74, 6) is 0. The fourth-order valence-electron chi connectivity index (χ4n) is 2.05. The average molecular weight is 352 g/mol. The van der Waals surface area contributed by atoms with E-state index in [2.05, 4.69) is 15.3 Å². The Labute approximate surface area is 142 Å². The molecule has 1 unspecified atom stereocenters. The minimum atomic E-state index is -0.478. The Bertz CT molecular complexity index is 783. The number of aryl methyl sites for hydroxylation is 1. The molecule has 1 aliphatic rings. The monoisotopic (exact) mass is 351 g/mol. The molecule has 112 valence electrons. The minimum absolute atomic E-state index is 0.293. The maximum atomic E-state index is 6.24. The van der Waals surface area contributed by atoms with Gasteiger partial charge < -0.3 is 4.57 Å². The van der Waals surface area contributed by atoms with Gasteiger partial charge in [-0.3, -0.25) is 0 Å². The minimum Gasteiger partial charge on any atom is -0.350 e. The highest BCUT2D eigenvalue weighted by Gasteiger charge is 2.29. The first-order chi connectivity index (χ1) is 10.6. The van der Waals surface area contributed by atoms with Crippen LogP contribution in [0, 0.1) is 0 Å². The van der Waals surface area contributed by atoms with Crippen LogP contribution >= 0.6 is 35.4 Å². The second-order valence-electron chi connectivity index (χ2n) is 4.67. The van der Waals surface area contributed by atoms with Crippen LogP contribution in [0.1, 0.15) is 17.4 Å². The van der Waals surface area contributed by atoms with E-state index in [0.29, 0.717) is 15.2 Å². The van der Waals surface area contributed by atoms with E-state index >= 15 is 0 Å². The van der Waals surface area contributed by atoms with Crippen LogP contribution in [0.3, 0.4) is 0 Å². The van der Waals surface area contributed by atoms with Gasteiger partial charge in [0.2, 0.25) is 5.11 Å². The van der Waals surface area contributed by atoms with E-state index < -0.39 is 6.17 Å². The van der Waals surface area contributed by atoms with Gasteiger partial charge in [0.15, 0.2) is 6.17 Å². The van der Waals surface area contributed by atoms with Gasteiger partial charge in [-0.2, -0.15) is 10.2 Å². The van der Waals surface area contributed by atoms with E-state index in [1.54, 1.807) is 29.4 Å². The van der Waals surface area contributed by atoms with Crippen molar-refractivity contribution in [1.82, 2.24) is 9.58 Å². The van der Waals surface area contributed by atoms with Crippen LogP contribution in [-0.2, 0) is 7.05 Å². The number of azo groups is 1. The highest BCUT2D eigenvalue weighted by molar-refractivity contribution is 7.80. The number of hydrazone groups is 1. The zero-order valence-corrected chi connectivity index (χ0v) is 13.8. The molecule has 1 atom stereocenters. The van der Waals surface area contributed by atoms with Crippen molar-refractivity contribution in [2.24, 2.45) is 22.4 Å². The molecule has 0 radical (unpaired) electrons. The van der Waals surface area contributed by atoms with Crippen molar-refractivity contribution >= 4 is 46.7 Å². The van der Waals surface area contributed by atoms with Crippen molar-refractivity contribution in [2.45, 2.75) is 6.17 Å². The summed E-state index contributed by atoms with van der Waals surface area (Å²) >= 11 is 17.4. The molecule has 1 aliphatic heterocycles. The molecule has 8 heteroatoms. The van der Waals surface area contributed by atoms with E-state index in [9.17, 15) is 0 Å². The zero-order chi connectivity index (χ0) is 15.7. The number of thiocarbonyl (C=S) groups is 1. The fourth-order valence-corrected chi connectivity index (χ4v) is 2.75. The van der Waals surface area contributed by atoms with Gasteiger partial charge in [-0.25, -0.2) is 5.01 Å². The van der Waals surface area contributed by atoms with E-state index in [-0.39, 0.29) is 0 Å². The summed E-state index contributed by atoms with van der Waals surface area (Å²) in [6.07, 6.45) is 3.17. The number of hydrogen-bond donors (Lipinski definition) is 0. The largest absolute Gasteiger partial charge is 0.350 e. The molecule has 0 fully saturated rings. The van der Waals surface area contributed by atoms with Crippen molar-refractivity contribution in [2.75, 3.05) is 0 Å². The first-order valence-corrected chi connectivity index (χ1v) is 7.57. The number of nitrogens with zero attached hydrogens (tertiary/aromatic N) is 5. The molecule has 2 heterocycles. The summed E-state index contributed by atoms with van der Waals surface area (Å²) in [4.78, 5) is 0. The second-order valence-corrected chi connectivity index (χ2v) is 5.88. The summed E-state index contributed by atoms with van der Waals surface area (Å²) in [5.41, 5.74) is 1.69. The number of rotatable bonds is 3. The molecule has 0 saturated carbocycles. The van der Waals surface area contributed by atoms with Gasteiger partial charge in [0.1, 0.15) is 0 Å². The lowest BCUT2D eigenvalue weighted by Gasteiger charge is -2.18. The van der Waals surface area contributed by atoms with Crippen LogP contribution in [-0.4, -0.2) is 20.9 Å². The lowest BCUT2D eigenvalue weighted by Crippen LogP contribution is -2.22. The third kappa shape index (κ3) is 2.90. The summed E-state index contributed by atoms with van der Waals surface area (Å²) in [5, 5.41) is 15.4. The Morgan fingerprint density at radius 1 is 1.32 bits per heavy atom. The van der Waals surface area contributed by atoms with E-state index in [0.717, 1.165) is 11.3 Å². The van der Waals surface area contributed by atoms with Gasteiger partial charge in [0.25, 0.3) is 0 Å². The molecule has 0 saturated heterocycles. The van der Waals surface area contributed by atoms with Crippen molar-refractivity contribution in [3.63, 3.8) is 0 Å². The number of benzene rings is 1. The summed E-state index contributed by atoms with van der Waals surface area (Å²) < 4.78 is 1.95. The number of aromatic nitrogens is 1. The van der Waals surface area contributed by atoms with Crippen LogP contribution in [0.5, 0.6) is 0 Å². The van der Waals surface area contributed by atoms with Gasteiger partial charge in [0.05, 0.1) is 11.9 Å². The predicted octanol–water partition coefficient (Wildman–Crippen LogP) is 4.42. The lowest BCUT2D eigenvalue weighted by molar-refractivity contribution is 0.367. The molecule has 1 aromatic heterocycles. The second kappa shape index (κ2) is 6.16. The molecule has 0 spiro atoms. The van der Waals surface area contributed by atoms with Crippen LogP contribution < -0.4 is 0 Å². The van der Waals surface area contributed by atoms with Crippen molar-refractivity contribution in [3.8, 4) is 0 Å². The molecule has 0 amide bonds. The summed E-state index contributed by atoms with van der Waals surface area (Å²) in [7, 11) is 1.94. The molecule has 5 nitrogen and oxygen atoms in total. The van der Waals surface area contributed by atoms with Gasteiger partial charge in [0, 0.05) is 28.9 Å². The average Bonchev–Trinajstić information content (AvgIpc) is 3.03. The Hall–Kier alpha value is -1.76. The molecular formula is C14H11Cl2N5S. The van der Waals surface area contributed by atoms with Crippen LogP contribution in [0.15, 0.2) is 51.9 Å². The Balaban J connectivity index is 1.91. The maximum absolute atomic E-state index is 6.24. The summed E-state index contributed by atoms with van der Waals surface area (Å²) in [6.45, 7) is 0. The Kier molecular flexibility index (Phi) is 4.24. The zero-order valence-electron chi connectivity index (χ0n) is 11.5. The molecule has 3 rings (SSSR count). The van der Waals surface area contributed by atoms with Gasteiger partial charge in [-0.15, -0.1) is 5.11 Å². The van der Waals surface area contributed by atoms with Gasteiger partial charge in [-0.1, -0.05) is 29.3 Å². The maximum Gasteiger partial charge on any atom is 0.238 e. The molecule has 2 aromatic rings. The third-order valence-corrected chi connectivity index (χ3v) is 4.05. The fraction of sp³-hybridized carbons (Fsp3) is 0.143. The predicted molar refractivity (Wildman–Crippen MR) is 91.5 cm³/mol. The third-order valence-electron chi connectivity index (χ3n) is 3.22. The van der Waals surface area contributed by atoms with Crippen LogP contribution in [0.2, 0.25) is 10.0 Å². The molecule has 0 aliphatic carbocycles. The molecule has 22 heavy (non-hydrogen) atoms. The van der Waals surface area contributed by atoms with Gasteiger partial charge in [-0.05, 0) is 36.5 Å². The van der Waals surface area contributed by atoms with E-state index in [1.165, 1.54) is 0 Å². The normalized spacial score (nSPS) is 17.9. The van der Waals surface area contributed by atoms with Crippen LogP contribution in [0.25, 0.3) is 0 Å². The number of hydrogen-bond acceptors (Lipinski definition) is 3. The molecule has 0 N–H and O–H groups in total. The molecule has 1 aromatic carbocycles. The SMILES string of the molecule is Cn1cccc1C=NN1C(=S)N=NC1c1ccc(Cl)cc1Cl. The van der Waals surface area contributed by atoms with Crippen molar-refractivity contribution in [3.05, 3.63) is 57.8 Å². The van der Waals surface area contributed by atoms with Crippen LogP contribution in [0.4, 0.5) is 0 Å².